The fraction of sp³-hybridized carbons (Fsp3) is 0.400. The third kappa shape index (κ3) is 5.94. The zero-order valence-corrected chi connectivity index (χ0v) is 15.3. The summed E-state index contributed by atoms with van der Waals surface area (Å²) in [6, 6.07) is 12.2. The first kappa shape index (κ1) is 19.1. The summed E-state index contributed by atoms with van der Waals surface area (Å²) in [6.45, 7) is 5.28. The number of nitrogens with one attached hydrogen (secondary N) is 3. The second-order valence-corrected chi connectivity index (χ2v) is 6.58. The predicted molar refractivity (Wildman–Crippen MR) is 102 cm³/mol. The van der Waals surface area contributed by atoms with Crippen molar-refractivity contribution in [3.63, 3.8) is 0 Å². The first-order valence-corrected chi connectivity index (χ1v) is 9.31. The summed E-state index contributed by atoms with van der Waals surface area (Å²) in [5.74, 6) is -0.381. The molecule has 1 aliphatic heterocycles. The molecule has 1 aliphatic rings. The van der Waals surface area contributed by atoms with Crippen molar-refractivity contribution in [3.8, 4) is 0 Å². The van der Waals surface area contributed by atoms with Crippen LogP contribution in [0.15, 0.2) is 53.1 Å². The molecule has 27 heavy (non-hydrogen) atoms. The largest absolute Gasteiger partial charge is 0.459 e. The Morgan fingerprint density at radius 2 is 1.89 bits per heavy atom. The number of carbonyl (C=O) groups excluding carboxylic acids is 2. The minimum atomic E-state index is -0.659. The van der Waals surface area contributed by atoms with Crippen LogP contribution in [0.1, 0.15) is 16.1 Å². The van der Waals surface area contributed by atoms with Crippen molar-refractivity contribution in [2.45, 2.75) is 12.5 Å². The van der Waals surface area contributed by atoms with Crippen LogP contribution < -0.4 is 16.0 Å². The SMILES string of the molecule is O=C(NC(Cc1ccccc1)C(=O)NCCN1CCNCC1)c1ccco1. The lowest BCUT2D eigenvalue weighted by Gasteiger charge is -2.27. The highest BCUT2D eigenvalue weighted by molar-refractivity contribution is 5.95. The van der Waals surface area contributed by atoms with Gasteiger partial charge < -0.3 is 20.4 Å². The molecule has 0 bridgehead atoms. The van der Waals surface area contributed by atoms with Crippen molar-refractivity contribution in [2.24, 2.45) is 0 Å². The summed E-state index contributed by atoms with van der Waals surface area (Å²) in [6.07, 6.45) is 1.86. The molecule has 2 amide bonds. The van der Waals surface area contributed by atoms with Crippen molar-refractivity contribution in [3.05, 3.63) is 60.1 Å². The molecular weight excluding hydrogens is 344 g/mol. The number of nitrogens with zero attached hydrogens (tertiary/aromatic N) is 1. The molecule has 2 aromatic rings. The molecule has 3 rings (SSSR count). The first-order chi connectivity index (χ1) is 13.2. The molecule has 0 aliphatic carbocycles. The number of hydrogen-bond acceptors (Lipinski definition) is 5. The van der Waals surface area contributed by atoms with Crippen LogP contribution in [-0.4, -0.2) is 62.0 Å². The second-order valence-electron chi connectivity index (χ2n) is 6.58. The van der Waals surface area contributed by atoms with Crippen LogP contribution in [0.4, 0.5) is 0 Å². The Balaban J connectivity index is 1.57. The molecule has 0 saturated carbocycles. The monoisotopic (exact) mass is 370 g/mol. The molecule has 0 spiro atoms. The van der Waals surface area contributed by atoms with Gasteiger partial charge in [-0.1, -0.05) is 30.3 Å². The molecule has 1 saturated heterocycles. The van der Waals surface area contributed by atoms with E-state index in [4.69, 9.17) is 4.42 Å². The maximum absolute atomic E-state index is 12.7. The minimum absolute atomic E-state index is 0.186. The van der Waals surface area contributed by atoms with Crippen molar-refractivity contribution in [2.75, 3.05) is 39.3 Å². The zero-order chi connectivity index (χ0) is 18.9. The lowest BCUT2D eigenvalue weighted by atomic mass is 10.1. The van der Waals surface area contributed by atoms with Crippen molar-refractivity contribution in [1.29, 1.82) is 0 Å². The van der Waals surface area contributed by atoms with E-state index in [0.717, 1.165) is 38.3 Å². The summed E-state index contributed by atoms with van der Waals surface area (Å²) in [7, 11) is 0. The molecule has 7 nitrogen and oxygen atoms in total. The fourth-order valence-electron chi connectivity index (χ4n) is 3.09. The van der Waals surface area contributed by atoms with Gasteiger partial charge in [0, 0.05) is 45.7 Å². The molecule has 144 valence electrons. The maximum Gasteiger partial charge on any atom is 0.287 e. The van der Waals surface area contributed by atoms with Crippen LogP contribution in [0.25, 0.3) is 0 Å². The lowest BCUT2D eigenvalue weighted by Crippen LogP contribution is -2.50. The number of benzene rings is 1. The topological polar surface area (TPSA) is 86.6 Å². The molecule has 0 radical (unpaired) electrons. The average Bonchev–Trinajstić information content (AvgIpc) is 3.24. The molecule has 7 heteroatoms. The summed E-state index contributed by atoms with van der Waals surface area (Å²) in [4.78, 5) is 27.3. The highest BCUT2D eigenvalue weighted by Crippen LogP contribution is 2.06. The van der Waals surface area contributed by atoms with Gasteiger partial charge in [-0.15, -0.1) is 0 Å². The normalized spacial score (nSPS) is 15.9. The van der Waals surface area contributed by atoms with Gasteiger partial charge in [-0.25, -0.2) is 0 Å². The Labute approximate surface area is 159 Å². The van der Waals surface area contributed by atoms with Gasteiger partial charge >= 0.3 is 0 Å². The Bertz CT molecular complexity index is 712. The van der Waals surface area contributed by atoms with Crippen LogP contribution in [0, 0.1) is 0 Å². The number of carbonyl (C=O) groups is 2. The van der Waals surface area contributed by atoms with E-state index in [0.29, 0.717) is 13.0 Å². The van der Waals surface area contributed by atoms with Gasteiger partial charge in [0.1, 0.15) is 6.04 Å². The Morgan fingerprint density at radius 1 is 1.11 bits per heavy atom. The van der Waals surface area contributed by atoms with Gasteiger partial charge in [0.15, 0.2) is 5.76 Å². The van der Waals surface area contributed by atoms with Crippen LogP contribution in [0.2, 0.25) is 0 Å². The summed E-state index contributed by atoms with van der Waals surface area (Å²) < 4.78 is 5.13. The van der Waals surface area contributed by atoms with Gasteiger partial charge in [-0.3, -0.25) is 14.5 Å². The summed E-state index contributed by atoms with van der Waals surface area (Å²) >= 11 is 0. The van der Waals surface area contributed by atoms with Crippen molar-refractivity contribution < 1.29 is 14.0 Å². The number of hydrogen-bond donors (Lipinski definition) is 3. The van der Waals surface area contributed by atoms with Gasteiger partial charge in [0.05, 0.1) is 6.26 Å². The Kier molecular flexibility index (Phi) is 7.01. The van der Waals surface area contributed by atoms with Gasteiger partial charge in [-0.2, -0.15) is 0 Å². The summed E-state index contributed by atoms with van der Waals surface area (Å²) in [5, 5.41) is 9.05. The third-order valence-electron chi connectivity index (χ3n) is 4.59. The van der Waals surface area contributed by atoms with E-state index in [1.807, 2.05) is 30.3 Å². The van der Waals surface area contributed by atoms with E-state index in [9.17, 15) is 9.59 Å². The van der Waals surface area contributed by atoms with Crippen LogP contribution in [0.3, 0.4) is 0 Å². The van der Waals surface area contributed by atoms with Crippen molar-refractivity contribution >= 4 is 11.8 Å². The van der Waals surface area contributed by atoms with E-state index in [-0.39, 0.29) is 11.7 Å². The standard InChI is InChI=1S/C20H26N4O3/c25-19(22-10-13-24-11-8-21-9-12-24)17(15-16-5-2-1-3-6-16)23-20(26)18-7-4-14-27-18/h1-7,14,17,21H,8-13,15H2,(H,22,25)(H,23,26). The van der Waals surface area contributed by atoms with Gasteiger partial charge in [0.2, 0.25) is 5.91 Å². The number of amides is 2. The van der Waals surface area contributed by atoms with Crippen LogP contribution in [-0.2, 0) is 11.2 Å². The Morgan fingerprint density at radius 3 is 2.59 bits per heavy atom. The molecule has 1 fully saturated rings. The number of furan rings is 1. The van der Waals surface area contributed by atoms with E-state index >= 15 is 0 Å². The van der Waals surface area contributed by atoms with Crippen molar-refractivity contribution in [1.82, 2.24) is 20.9 Å². The molecule has 3 N–H and O–H groups in total. The van der Waals surface area contributed by atoms with Crippen LogP contribution >= 0.6 is 0 Å². The molecule has 1 atom stereocenters. The maximum atomic E-state index is 12.7. The van der Waals surface area contributed by atoms with E-state index in [1.165, 1.54) is 6.26 Å². The quantitative estimate of drug-likeness (QED) is 0.635. The number of rotatable bonds is 8. The minimum Gasteiger partial charge on any atom is -0.459 e. The Hall–Kier alpha value is -2.64. The first-order valence-electron chi connectivity index (χ1n) is 9.31. The van der Waals surface area contributed by atoms with E-state index in [2.05, 4.69) is 20.9 Å². The molecule has 1 aromatic heterocycles. The van der Waals surface area contributed by atoms with Gasteiger partial charge in [0.25, 0.3) is 5.91 Å². The lowest BCUT2D eigenvalue weighted by molar-refractivity contribution is -0.123. The van der Waals surface area contributed by atoms with Crippen LogP contribution in [0.5, 0.6) is 0 Å². The molecular formula is C20H26N4O3. The number of piperazine rings is 1. The highest BCUT2D eigenvalue weighted by atomic mass is 16.3. The zero-order valence-electron chi connectivity index (χ0n) is 15.3. The van der Waals surface area contributed by atoms with Gasteiger partial charge in [-0.05, 0) is 17.7 Å². The predicted octanol–water partition coefficient (Wildman–Crippen LogP) is 0.642. The van der Waals surface area contributed by atoms with E-state index < -0.39 is 11.9 Å². The smallest absolute Gasteiger partial charge is 0.287 e. The highest BCUT2D eigenvalue weighted by Gasteiger charge is 2.23. The fourth-order valence-corrected chi connectivity index (χ4v) is 3.09. The molecule has 2 heterocycles. The molecule has 1 unspecified atom stereocenters. The average molecular weight is 370 g/mol. The van der Waals surface area contributed by atoms with E-state index in [1.54, 1.807) is 12.1 Å². The molecule has 1 aromatic carbocycles. The third-order valence-corrected chi connectivity index (χ3v) is 4.59. The second kappa shape index (κ2) is 9.89. The summed E-state index contributed by atoms with van der Waals surface area (Å²) in [5.41, 5.74) is 0.986.